The topological polar surface area (TPSA) is 46.5 Å². The number of aryl methyl sites for hydroxylation is 3. The lowest BCUT2D eigenvalue weighted by molar-refractivity contribution is -0.145. The van der Waals surface area contributed by atoms with Crippen molar-refractivity contribution in [3.63, 3.8) is 0 Å². The lowest BCUT2D eigenvalue weighted by atomic mass is 10.1. The molecule has 0 saturated heterocycles. The number of hydrogen-bond donors (Lipinski definition) is 1. The lowest BCUT2D eigenvalue weighted by Gasteiger charge is -2.19. The first-order chi connectivity index (χ1) is 9.49. The Bertz CT molecular complexity index is 594. The van der Waals surface area contributed by atoms with Gasteiger partial charge in [0.25, 0.3) is 0 Å². The molecule has 2 rings (SSSR count). The van der Waals surface area contributed by atoms with Gasteiger partial charge in [0.2, 0.25) is 6.10 Å². The molecule has 104 valence electrons. The predicted octanol–water partition coefficient (Wildman–Crippen LogP) is 3.82. The Morgan fingerprint density at radius 2 is 1.60 bits per heavy atom. The summed E-state index contributed by atoms with van der Waals surface area (Å²) in [6, 6.07) is 13.0. The van der Waals surface area contributed by atoms with Crippen molar-refractivity contribution in [2.75, 3.05) is 0 Å². The fourth-order valence-corrected chi connectivity index (χ4v) is 2.36. The maximum absolute atomic E-state index is 11.5. The van der Waals surface area contributed by atoms with Crippen LogP contribution in [0.2, 0.25) is 0 Å². The van der Waals surface area contributed by atoms with Crippen LogP contribution in [-0.4, -0.2) is 11.1 Å². The molecular weight excluding hydrogens is 252 g/mol. The van der Waals surface area contributed by atoms with E-state index in [9.17, 15) is 9.90 Å². The maximum atomic E-state index is 11.5. The molecular formula is C17H18O3. The zero-order chi connectivity index (χ0) is 14.7. The first-order valence-electron chi connectivity index (χ1n) is 6.51. The summed E-state index contributed by atoms with van der Waals surface area (Å²) < 4.78 is 5.78. The molecule has 2 aromatic rings. The number of carboxylic acids is 1. The molecule has 0 aliphatic rings. The molecule has 0 aromatic heterocycles. The van der Waals surface area contributed by atoms with Crippen LogP contribution in [0.5, 0.6) is 5.75 Å². The summed E-state index contributed by atoms with van der Waals surface area (Å²) >= 11 is 0. The minimum absolute atomic E-state index is 0.638. The number of aliphatic carboxylic acids is 1. The summed E-state index contributed by atoms with van der Waals surface area (Å²) in [5.74, 6) is -0.345. The Hall–Kier alpha value is -2.29. The van der Waals surface area contributed by atoms with E-state index in [1.807, 2.05) is 51.1 Å². The molecule has 3 nitrogen and oxygen atoms in total. The van der Waals surface area contributed by atoms with E-state index in [2.05, 4.69) is 0 Å². The van der Waals surface area contributed by atoms with E-state index in [0.29, 0.717) is 11.3 Å². The molecule has 0 aliphatic heterocycles. The Balaban J connectivity index is 2.38. The third-order valence-electron chi connectivity index (χ3n) is 3.17. The van der Waals surface area contributed by atoms with Gasteiger partial charge in [-0.2, -0.15) is 0 Å². The minimum Gasteiger partial charge on any atom is -0.478 e. The van der Waals surface area contributed by atoms with Gasteiger partial charge in [-0.05, 0) is 31.9 Å². The van der Waals surface area contributed by atoms with E-state index in [4.69, 9.17) is 4.74 Å². The van der Waals surface area contributed by atoms with Gasteiger partial charge in [0.15, 0.2) is 0 Å². The standard InChI is InChI=1S/C17H18O3/c1-11-9-12(2)15(13(3)10-11)20-16(17(18)19)14-7-5-4-6-8-14/h4-10,16H,1-3H3,(H,18,19). The molecule has 0 radical (unpaired) electrons. The van der Waals surface area contributed by atoms with Crippen LogP contribution in [0.4, 0.5) is 0 Å². The van der Waals surface area contributed by atoms with Crippen LogP contribution in [0.25, 0.3) is 0 Å². The normalized spacial score (nSPS) is 11.9. The van der Waals surface area contributed by atoms with Crippen molar-refractivity contribution in [1.29, 1.82) is 0 Å². The van der Waals surface area contributed by atoms with Crippen LogP contribution in [0.15, 0.2) is 42.5 Å². The first kappa shape index (κ1) is 14.1. The minimum atomic E-state index is -0.990. The number of rotatable bonds is 4. The second kappa shape index (κ2) is 5.78. The Labute approximate surface area is 118 Å². The summed E-state index contributed by atoms with van der Waals surface area (Å²) in [7, 11) is 0. The third-order valence-corrected chi connectivity index (χ3v) is 3.17. The van der Waals surface area contributed by atoms with Gasteiger partial charge in [0, 0.05) is 5.56 Å². The van der Waals surface area contributed by atoms with Crippen molar-refractivity contribution in [2.24, 2.45) is 0 Å². The van der Waals surface area contributed by atoms with Crippen LogP contribution >= 0.6 is 0 Å². The summed E-state index contributed by atoms with van der Waals surface area (Å²) in [6.45, 7) is 5.87. The summed E-state index contributed by atoms with van der Waals surface area (Å²) in [5, 5.41) is 9.40. The van der Waals surface area contributed by atoms with E-state index in [1.165, 1.54) is 0 Å². The number of ether oxygens (including phenoxy) is 1. The van der Waals surface area contributed by atoms with E-state index in [-0.39, 0.29) is 0 Å². The molecule has 0 fully saturated rings. The van der Waals surface area contributed by atoms with E-state index in [1.54, 1.807) is 12.1 Å². The van der Waals surface area contributed by atoms with Crippen LogP contribution in [0.1, 0.15) is 28.4 Å². The van der Waals surface area contributed by atoms with Crippen LogP contribution < -0.4 is 4.74 Å². The Morgan fingerprint density at radius 3 is 2.10 bits per heavy atom. The van der Waals surface area contributed by atoms with Crippen molar-refractivity contribution in [3.8, 4) is 5.75 Å². The molecule has 1 atom stereocenters. The van der Waals surface area contributed by atoms with Gasteiger partial charge < -0.3 is 9.84 Å². The van der Waals surface area contributed by atoms with E-state index in [0.717, 1.165) is 16.7 Å². The molecule has 0 spiro atoms. The van der Waals surface area contributed by atoms with Crippen molar-refractivity contribution in [3.05, 3.63) is 64.7 Å². The van der Waals surface area contributed by atoms with Gasteiger partial charge >= 0.3 is 5.97 Å². The van der Waals surface area contributed by atoms with Crippen molar-refractivity contribution in [2.45, 2.75) is 26.9 Å². The Morgan fingerprint density at radius 1 is 1.05 bits per heavy atom. The summed E-state index contributed by atoms with van der Waals surface area (Å²) in [6.07, 6.45) is -0.990. The molecule has 0 amide bonds. The number of carbonyl (C=O) groups is 1. The van der Waals surface area contributed by atoms with Crippen molar-refractivity contribution in [1.82, 2.24) is 0 Å². The third kappa shape index (κ3) is 2.99. The zero-order valence-electron chi connectivity index (χ0n) is 11.9. The van der Waals surface area contributed by atoms with Crippen LogP contribution in [0, 0.1) is 20.8 Å². The van der Waals surface area contributed by atoms with Gasteiger partial charge in [-0.3, -0.25) is 0 Å². The average molecular weight is 270 g/mol. The molecule has 0 saturated carbocycles. The van der Waals surface area contributed by atoms with Gasteiger partial charge in [-0.25, -0.2) is 4.79 Å². The molecule has 20 heavy (non-hydrogen) atoms. The molecule has 1 N–H and O–H groups in total. The largest absolute Gasteiger partial charge is 0.478 e. The molecule has 0 bridgehead atoms. The highest BCUT2D eigenvalue weighted by Crippen LogP contribution is 2.29. The van der Waals surface area contributed by atoms with Gasteiger partial charge in [0.1, 0.15) is 5.75 Å². The molecule has 0 aliphatic carbocycles. The number of carboxylic acid groups (broad SMARTS) is 1. The second-order valence-corrected chi connectivity index (χ2v) is 4.97. The molecule has 0 heterocycles. The number of benzene rings is 2. The monoisotopic (exact) mass is 270 g/mol. The van der Waals surface area contributed by atoms with Crippen molar-refractivity contribution < 1.29 is 14.6 Å². The molecule has 2 aromatic carbocycles. The Kier molecular flexibility index (Phi) is 4.08. The van der Waals surface area contributed by atoms with Gasteiger partial charge in [-0.15, -0.1) is 0 Å². The lowest BCUT2D eigenvalue weighted by Crippen LogP contribution is -2.19. The SMILES string of the molecule is Cc1cc(C)c(OC(C(=O)O)c2ccccc2)c(C)c1. The molecule has 3 heteroatoms. The zero-order valence-corrected chi connectivity index (χ0v) is 11.9. The highest BCUT2D eigenvalue weighted by Gasteiger charge is 2.23. The fourth-order valence-electron chi connectivity index (χ4n) is 2.36. The van der Waals surface area contributed by atoms with E-state index < -0.39 is 12.1 Å². The number of hydrogen-bond acceptors (Lipinski definition) is 2. The average Bonchev–Trinajstić information content (AvgIpc) is 2.38. The summed E-state index contributed by atoms with van der Waals surface area (Å²) in [5.41, 5.74) is 3.67. The predicted molar refractivity (Wildman–Crippen MR) is 78.1 cm³/mol. The fraction of sp³-hybridized carbons (Fsp3) is 0.235. The highest BCUT2D eigenvalue weighted by atomic mass is 16.5. The first-order valence-corrected chi connectivity index (χ1v) is 6.51. The summed E-state index contributed by atoms with van der Waals surface area (Å²) in [4.78, 5) is 11.5. The maximum Gasteiger partial charge on any atom is 0.349 e. The van der Waals surface area contributed by atoms with Crippen molar-refractivity contribution >= 4 is 5.97 Å². The van der Waals surface area contributed by atoms with Crippen LogP contribution in [0.3, 0.4) is 0 Å². The van der Waals surface area contributed by atoms with Crippen LogP contribution in [-0.2, 0) is 4.79 Å². The van der Waals surface area contributed by atoms with Gasteiger partial charge in [0.05, 0.1) is 0 Å². The highest BCUT2D eigenvalue weighted by molar-refractivity contribution is 5.75. The second-order valence-electron chi connectivity index (χ2n) is 4.97. The smallest absolute Gasteiger partial charge is 0.349 e. The van der Waals surface area contributed by atoms with Gasteiger partial charge in [-0.1, -0.05) is 48.0 Å². The molecule has 1 unspecified atom stereocenters. The quantitative estimate of drug-likeness (QED) is 0.918. The van der Waals surface area contributed by atoms with E-state index >= 15 is 0 Å².